The van der Waals surface area contributed by atoms with E-state index < -0.39 is 22.3 Å². The van der Waals surface area contributed by atoms with Gasteiger partial charge in [0.25, 0.3) is 10.2 Å². The van der Waals surface area contributed by atoms with Crippen molar-refractivity contribution >= 4 is 27.9 Å². The van der Waals surface area contributed by atoms with Gasteiger partial charge in [-0.1, -0.05) is 60.7 Å². The van der Waals surface area contributed by atoms with Crippen molar-refractivity contribution in [2.24, 2.45) is 11.8 Å². The van der Waals surface area contributed by atoms with Crippen LogP contribution >= 0.6 is 0 Å². The van der Waals surface area contributed by atoms with Gasteiger partial charge in [0.1, 0.15) is 12.1 Å². The maximum Gasteiger partial charge on any atom is 0.282 e. The number of benzene rings is 2. The predicted molar refractivity (Wildman–Crippen MR) is 164 cm³/mol. The zero-order chi connectivity index (χ0) is 30.6. The van der Waals surface area contributed by atoms with Crippen LogP contribution in [0.15, 0.2) is 60.7 Å². The third kappa shape index (κ3) is 7.45. The molecule has 0 unspecified atom stereocenters. The zero-order valence-corrected chi connectivity index (χ0v) is 25.8. The highest BCUT2D eigenvalue weighted by molar-refractivity contribution is 7.86. The maximum atomic E-state index is 13.8. The lowest BCUT2D eigenvalue weighted by Gasteiger charge is -2.51. The normalized spacial score (nSPS) is 27.5. The highest BCUT2D eigenvalue weighted by Gasteiger charge is 2.46. The molecule has 43 heavy (non-hydrogen) atoms. The average Bonchev–Trinajstić information content (AvgIpc) is 3.00. The monoisotopic (exact) mass is 609 g/mol. The number of nitrogens with zero attached hydrogens (tertiary/aromatic N) is 3. The van der Waals surface area contributed by atoms with Gasteiger partial charge in [0.2, 0.25) is 17.7 Å². The van der Waals surface area contributed by atoms with Gasteiger partial charge in [0.15, 0.2) is 0 Å². The Kier molecular flexibility index (Phi) is 9.83. The highest BCUT2D eigenvalue weighted by atomic mass is 32.2. The van der Waals surface area contributed by atoms with Gasteiger partial charge in [-0.15, -0.1) is 0 Å². The Labute approximate surface area is 255 Å². The van der Waals surface area contributed by atoms with Crippen LogP contribution in [-0.2, 0) is 37.6 Å². The van der Waals surface area contributed by atoms with Crippen LogP contribution in [0.25, 0.3) is 0 Å². The topological polar surface area (TPSA) is 119 Å². The van der Waals surface area contributed by atoms with E-state index in [0.29, 0.717) is 45.3 Å². The van der Waals surface area contributed by atoms with Crippen LogP contribution in [-0.4, -0.2) is 84.5 Å². The molecule has 0 aliphatic carbocycles. The fourth-order valence-electron chi connectivity index (χ4n) is 6.82. The summed E-state index contributed by atoms with van der Waals surface area (Å²) in [5.41, 5.74) is 1.99. The van der Waals surface area contributed by atoms with E-state index in [4.69, 9.17) is 0 Å². The van der Waals surface area contributed by atoms with E-state index in [9.17, 15) is 22.8 Å². The molecule has 2 bridgehead atoms. The molecule has 3 aliphatic heterocycles. The molecule has 3 heterocycles. The molecule has 2 N–H and O–H groups in total. The number of aryl methyl sites for hydroxylation is 1. The van der Waals surface area contributed by atoms with Crippen molar-refractivity contribution in [1.29, 1.82) is 0 Å². The summed E-state index contributed by atoms with van der Waals surface area (Å²) in [6, 6.07) is 17.6. The van der Waals surface area contributed by atoms with Crippen molar-refractivity contribution in [2.45, 2.75) is 70.1 Å². The summed E-state index contributed by atoms with van der Waals surface area (Å²) >= 11 is 0. The molecule has 5 atom stereocenters. The van der Waals surface area contributed by atoms with Crippen molar-refractivity contribution in [2.75, 3.05) is 26.7 Å². The Morgan fingerprint density at radius 3 is 2.28 bits per heavy atom. The summed E-state index contributed by atoms with van der Waals surface area (Å²) in [6.45, 7) is 3.07. The molecule has 3 saturated heterocycles. The molecule has 0 saturated carbocycles. The first-order valence-corrected chi connectivity index (χ1v) is 16.7. The van der Waals surface area contributed by atoms with Gasteiger partial charge < -0.3 is 15.5 Å². The van der Waals surface area contributed by atoms with E-state index in [-0.39, 0.29) is 48.6 Å². The molecule has 232 valence electrons. The second-order valence-electron chi connectivity index (χ2n) is 12.3. The summed E-state index contributed by atoms with van der Waals surface area (Å²) in [4.78, 5) is 41.9. The second-order valence-corrected chi connectivity index (χ2v) is 14.3. The Hall–Kier alpha value is -3.28. The van der Waals surface area contributed by atoms with Crippen molar-refractivity contribution in [1.82, 2.24) is 24.1 Å². The number of fused-ring (bicyclic) bond motifs is 4. The van der Waals surface area contributed by atoms with Gasteiger partial charge in [-0.25, -0.2) is 0 Å². The van der Waals surface area contributed by atoms with Crippen LogP contribution in [0.4, 0.5) is 0 Å². The summed E-state index contributed by atoms with van der Waals surface area (Å²) in [5, 5.41) is 5.76. The number of nitrogens with one attached hydrogen (secondary N) is 2. The van der Waals surface area contributed by atoms with Crippen LogP contribution in [0.5, 0.6) is 0 Å². The molecule has 2 aromatic rings. The zero-order valence-electron chi connectivity index (χ0n) is 25.0. The number of hydrogen-bond acceptors (Lipinski definition) is 5. The Bertz CT molecular complexity index is 1390. The van der Waals surface area contributed by atoms with Gasteiger partial charge in [-0.3, -0.25) is 14.4 Å². The first kappa shape index (κ1) is 31.2. The van der Waals surface area contributed by atoms with Crippen molar-refractivity contribution in [3.63, 3.8) is 0 Å². The number of carbonyl (C=O) groups is 3. The van der Waals surface area contributed by atoms with Gasteiger partial charge >= 0.3 is 0 Å². The molecule has 0 aromatic heterocycles. The first-order valence-electron chi connectivity index (χ1n) is 15.3. The molecule has 0 radical (unpaired) electrons. The number of carbonyl (C=O) groups excluding carboxylic acids is 3. The second kappa shape index (κ2) is 13.6. The highest BCUT2D eigenvalue weighted by Crippen LogP contribution is 2.37. The van der Waals surface area contributed by atoms with E-state index in [1.165, 1.54) is 4.31 Å². The lowest BCUT2D eigenvalue weighted by atomic mass is 9.78. The van der Waals surface area contributed by atoms with Gasteiger partial charge in [0, 0.05) is 45.7 Å². The molecular formula is C32H43N5O5S. The molecule has 2 aromatic carbocycles. The van der Waals surface area contributed by atoms with Crippen molar-refractivity contribution in [3.8, 4) is 0 Å². The molecular weight excluding hydrogens is 566 g/mol. The van der Waals surface area contributed by atoms with E-state index >= 15 is 0 Å². The lowest BCUT2D eigenvalue weighted by Crippen LogP contribution is -2.63. The van der Waals surface area contributed by atoms with E-state index in [2.05, 4.69) is 10.6 Å². The van der Waals surface area contributed by atoms with Crippen LogP contribution in [0.1, 0.15) is 50.2 Å². The maximum absolute atomic E-state index is 13.8. The minimum Gasteiger partial charge on any atom is -0.344 e. The Morgan fingerprint density at radius 1 is 0.907 bits per heavy atom. The minimum atomic E-state index is -3.71. The van der Waals surface area contributed by atoms with E-state index in [1.54, 1.807) is 18.3 Å². The van der Waals surface area contributed by atoms with Crippen LogP contribution in [0.2, 0.25) is 0 Å². The number of piperidine rings is 2. The molecule has 3 amide bonds. The first-order chi connectivity index (χ1) is 20.6. The largest absolute Gasteiger partial charge is 0.344 e. The Morgan fingerprint density at radius 2 is 1.58 bits per heavy atom. The quantitative estimate of drug-likeness (QED) is 0.500. The predicted octanol–water partition coefficient (Wildman–Crippen LogP) is 2.32. The van der Waals surface area contributed by atoms with Crippen LogP contribution in [0.3, 0.4) is 0 Å². The van der Waals surface area contributed by atoms with Gasteiger partial charge in [-0.05, 0) is 62.0 Å². The summed E-state index contributed by atoms with van der Waals surface area (Å²) in [5.74, 6) is -0.763. The van der Waals surface area contributed by atoms with Crippen LogP contribution in [0, 0.1) is 11.8 Å². The molecule has 11 heteroatoms. The summed E-state index contributed by atoms with van der Waals surface area (Å²) < 4.78 is 30.2. The SMILES string of the molecule is C[C@H]1NC(=O)[C@H](CCc2ccccc2)NC(=O)CCC[C@H]2[C@@H]3C[C@H](CN2C1=O)CN(S(=O)(=O)N(C)Cc1ccccc1)C3. The number of amides is 3. The molecule has 3 fully saturated rings. The molecule has 5 rings (SSSR count). The summed E-state index contributed by atoms with van der Waals surface area (Å²) in [6.07, 6.45) is 3.27. The standard InChI is InChI=1S/C32H43N5O5S/c1-23-32(40)37-21-26-18-27(22-36(20-26)43(41,42)35(2)19-25-12-7-4-8-13-25)29(37)14-9-15-30(38)34-28(31(39)33-23)17-16-24-10-5-3-6-11-24/h3-8,10-13,23,26-29H,9,14-22H2,1-2H3,(H,33,39)(H,34,38)/t23-,26+,27-,28+,29+/m1/s1. The van der Waals surface area contributed by atoms with Gasteiger partial charge in [-0.2, -0.15) is 17.0 Å². The number of hydrogen-bond donors (Lipinski definition) is 2. The molecule has 3 aliphatic rings. The van der Waals surface area contributed by atoms with Crippen LogP contribution < -0.4 is 10.6 Å². The lowest BCUT2D eigenvalue weighted by molar-refractivity contribution is -0.144. The third-order valence-electron chi connectivity index (χ3n) is 9.04. The fourth-order valence-corrected chi connectivity index (χ4v) is 8.31. The molecule has 10 nitrogen and oxygen atoms in total. The van der Waals surface area contributed by atoms with E-state index in [1.807, 2.05) is 65.6 Å². The van der Waals surface area contributed by atoms with Gasteiger partial charge in [0.05, 0.1) is 0 Å². The fraction of sp³-hybridized carbons (Fsp3) is 0.531. The van der Waals surface area contributed by atoms with Crippen molar-refractivity contribution < 1.29 is 22.8 Å². The third-order valence-corrected chi connectivity index (χ3v) is 10.9. The average molecular weight is 610 g/mol. The molecule has 0 spiro atoms. The smallest absolute Gasteiger partial charge is 0.282 e. The summed E-state index contributed by atoms with van der Waals surface area (Å²) in [7, 11) is -2.10. The minimum absolute atomic E-state index is 0.00317. The Balaban J connectivity index is 1.28. The van der Waals surface area contributed by atoms with E-state index in [0.717, 1.165) is 17.5 Å². The van der Waals surface area contributed by atoms with Crippen molar-refractivity contribution in [3.05, 3.63) is 71.8 Å². The number of rotatable bonds is 7.